The highest BCUT2D eigenvalue weighted by molar-refractivity contribution is 7.89. The first-order chi connectivity index (χ1) is 7.81. The summed E-state index contributed by atoms with van der Waals surface area (Å²) in [6, 6.07) is 0. The van der Waals surface area contributed by atoms with Crippen molar-refractivity contribution in [2.45, 2.75) is 31.7 Å². The molecule has 1 saturated heterocycles. The van der Waals surface area contributed by atoms with Crippen LogP contribution in [0.25, 0.3) is 0 Å². The van der Waals surface area contributed by atoms with Crippen LogP contribution in [0.2, 0.25) is 0 Å². The standard InChI is InChI=1S/C10H21N3O2S2/c1-3-8-17(14,15)12-10(9(11)16)4-6-13(2)7-5-10/h12H,3-8H2,1-2H3,(H2,11,16). The molecular weight excluding hydrogens is 258 g/mol. The maximum Gasteiger partial charge on any atom is 0.212 e. The molecule has 0 atom stereocenters. The van der Waals surface area contributed by atoms with Crippen LogP contribution in [0.15, 0.2) is 0 Å². The fraction of sp³-hybridized carbons (Fsp3) is 0.900. The molecule has 0 saturated carbocycles. The number of nitrogens with one attached hydrogen (secondary N) is 1. The van der Waals surface area contributed by atoms with Gasteiger partial charge in [0.05, 0.1) is 16.3 Å². The third-order valence-electron chi connectivity index (χ3n) is 3.14. The van der Waals surface area contributed by atoms with E-state index in [-0.39, 0.29) is 10.7 Å². The second kappa shape index (κ2) is 5.60. The van der Waals surface area contributed by atoms with Crippen molar-refractivity contribution in [2.24, 2.45) is 5.73 Å². The van der Waals surface area contributed by atoms with Gasteiger partial charge in [-0.2, -0.15) is 0 Å². The summed E-state index contributed by atoms with van der Waals surface area (Å²) < 4.78 is 26.4. The van der Waals surface area contributed by atoms with Crippen LogP contribution in [0, 0.1) is 0 Å². The van der Waals surface area contributed by atoms with Crippen LogP contribution in [0.4, 0.5) is 0 Å². The number of nitrogens with zero attached hydrogens (tertiary/aromatic N) is 1. The lowest BCUT2D eigenvalue weighted by atomic mass is 9.89. The van der Waals surface area contributed by atoms with Crippen LogP contribution in [-0.2, 0) is 10.0 Å². The Balaban J connectivity index is 2.84. The van der Waals surface area contributed by atoms with Gasteiger partial charge in [-0.15, -0.1) is 0 Å². The van der Waals surface area contributed by atoms with Crippen LogP contribution in [0.1, 0.15) is 26.2 Å². The molecule has 0 amide bonds. The number of hydrogen-bond acceptors (Lipinski definition) is 4. The summed E-state index contributed by atoms with van der Waals surface area (Å²) in [6.07, 6.45) is 1.87. The Bertz CT molecular complexity index is 373. The number of sulfonamides is 1. The number of hydrogen-bond donors (Lipinski definition) is 2. The van der Waals surface area contributed by atoms with E-state index < -0.39 is 15.6 Å². The average molecular weight is 279 g/mol. The fourth-order valence-electron chi connectivity index (χ4n) is 2.02. The predicted octanol–water partition coefficient (Wildman–Crippen LogP) is 0.0663. The third-order valence-corrected chi connectivity index (χ3v) is 5.17. The highest BCUT2D eigenvalue weighted by Gasteiger charge is 2.39. The molecule has 0 spiro atoms. The number of likely N-dealkylation sites (tertiary alicyclic amines) is 1. The quantitative estimate of drug-likeness (QED) is 0.696. The van der Waals surface area contributed by atoms with Crippen molar-refractivity contribution >= 4 is 27.2 Å². The van der Waals surface area contributed by atoms with Crippen molar-refractivity contribution < 1.29 is 8.42 Å². The van der Waals surface area contributed by atoms with Gasteiger partial charge < -0.3 is 10.6 Å². The summed E-state index contributed by atoms with van der Waals surface area (Å²) in [6.45, 7) is 3.43. The lowest BCUT2D eigenvalue weighted by Gasteiger charge is -2.40. The van der Waals surface area contributed by atoms with Gasteiger partial charge in [-0.25, -0.2) is 13.1 Å². The molecule has 1 fully saturated rings. The Morgan fingerprint density at radius 2 is 2.00 bits per heavy atom. The first kappa shape index (κ1) is 14.8. The van der Waals surface area contributed by atoms with E-state index in [9.17, 15) is 8.42 Å². The summed E-state index contributed by atoms with van der Waals surface area (Å²) >= 11 is 5.05. The van der Waals surface area contributed by atoms with Gasteiger partial charge in [-0.3, -0.25) is 0 Å². The van der Waals surface area contributed by atoms with E-state index in [1.165, 1.54) is 0 Å². The first-order valence-corrected chi connectivity index (χ1v) is 7.87. The van der Waals surface area contributed by atoms with Crippen molar-refractivity contribution in [1.29, 1.82) is 0 Å². The SMILES string of the molecule is CCCS(=O)(=O)NC1(C(N)=S)CCN(C)CC1. The van der Waals surface area contributed by atoms with E-state index in [4.69, 9.17) is 18.0 Å². The van der Waals surface area contributed by atoms with Crippen LogP contribution in [0.3, 0.4) is 0 Å². The molecule has 0 aliphatic carbocycles. The molecule has 0 unspecified atom stereocenters. The van der Waals surface area contributed by atoms with E-state index in [2.05, 4.69) is 9.62 Å². The van der Waals surface area contributed by atoms with E-state index in [0.29, 0.717) is 19.3 Å². The van der Waals surface area contributed by atoms with Crippen molar-refractivity contribution in [3.05, 3.63) is 0 Å². The Morgan fingerprint density at radius 1 is 1.47 bits per heavy atom. The maximum absolute atomic E-state index is 11.9. The molecule has 1 aliphatic rings. The molecule has 0 aromatic carbocycles. The molecule has 0 aromatic rings. The maximum atomic E-state index is 11.9. The number of rotatable bonds is 5. The Kier molecular flexibility index (Phi) is 4.88. The predicted molar refractivity (Wildman–Crippen MR) is 73.5 cm³/mol. The molecule has 17 heavy (non-hydrogen) atoms. The van der Waals surface area contributed by atoms with Crippen LogP contribution in [0.5, 0.6) is 0 Å². The van der Waals surface area contributed by atoms with Gasteiger partial charge in [-0.05, 0) is 26.3 Å². The Hall–Kier alpha value is -0.240. The number of thiocarbonyl (C=S) groups is 1. The van der Waals surface area contributed by atoms with Crippen molar-refractivity contribution in [1.82, 2.24) is 9.62 Å². The molecule has 0 radical (unpaired) electrons. The topological polar surface area (TPSA) is 75.4 Å². The van der Waals surface area contributed by atoms with Crippen LogP contribution in [-0.4, -0.2) is 49.7 Å². The largest absolute Gasteiger partial charge is 0.392 e. The molecular formula is C10H21N3O2S2. The number of piperidine rings is 1. The molecule has 7 heteroatoms. The molecule has 100 valence electrons. The second-order valence-corrected chi connectivity index (χ2v) is 6.95. The minimum absolute atomic E-state index is 0.118. The van der Waals surface area contributed by atoms with Crippen molar-refractivity contribution in [3.8, 4) is 0 Å². The van der Waals surface area contributed by atoms with Gasteiger partial charge in [0.1, 0.15) is 0 Å². The Morgan fingerprint density at radius 3 is 2.41 bits per heavy atom. The summed E-state index contributed by atoms with van der Waals surface area (Å²) in [7, 11) is -1.28. The smallest absolute Gasteiger partial charge is 0.212 e. The first-order valence-electron chi connectivity index (χ1n) is 5.81. The van der Waals surface area contributed by atoms with Crippen LogP contribution >= 0.6 is 12.2 Å². The molecule has 1 rings (SSSR count). The van der Waals surface area contributed by atoms with Gasteiger partial charge in [0.25, 0.3) is 0 Å². The zero-order chi connectivity index (χ0) is 13.1. The fourth-order valence-corrected chi connectivity index (χ4v) is 3.89. The minimum Gasteiger partial charge on any atom is -0.392 e. The molecule has 5 nitrogen and oxygen atoms in total. The molecule has 0 aromatic heterocycles. The lowest BCUT2D eigenvalue weighted by molar-refractivity contribution is 0.220. The molecule has 0 bridgehead atoms. The summed E-state index contributed by atoms with van der Waals surface area (Å²) in [5, 5.41) is 0. The van der Waals surface area contributed by atoms with E-state index in [0.717, 1.165) is 13.1 Å². The van der Waals surface area contributed by atoms with Crippen molar-refractivity contribution in [2.75, 3.05) is 25.9 Å². The Labute approximate surface area is 109 Å². The van der Waals surface area contributed by atoms with Gasteiger partial charge in [0.15, 0.2) is 0 Å². The summed E-state index contributed by atoms with van der Waals surface area (Å²) in [5.41, 5.74) is 5.01. The van der Waals surface area contributed by atoms with Gasteiger partial charge in [0, 0.05) is 13.1 Å². The van der Waals surface area contributed by atoms with E-state index in [1.807, 2.05) is 14.0 Å². The molecule has 1 aliphatic heterocycles. The summed E-state index contributed by atoms with van der Waals surface area (Å²) in [4.78, 5) is 2.40. The highest BCUT2D eigenvalue weighted by Crippen LogP contribution is 2.23. The van der Waals surface area contributed by atoms with Gasteiger partial charge >= 0.3 is 0 Å². The second-order valence-electron chi connectivity index (χ2n) is 4.67. The lowest BCUT2D eigenvalue weighted by Crippen LogP contribution is -2.61. The summed E-state index contributed by atoms with van der Waals surface area (Å²) in [5.74, 6) is 0.118. The van der Waals surface area contributed by atoms with Gasteiger partial charge in [-0.1, -0.05) is 19.1 Å². The van der Waals surface area contributed by atoms with Crippen molar-refractivity contribution in [3.63, 3.8) is 0 Å². The monoisotopic (exact) mass is 279 g/mol. The van der Waals surface area contributed by atoms with E-state index >= 15 is 0 Å². The third kappa shape index (κ3) is 3.87. The zero-order valence-corrected chi connectivity index (χ0v) is 12.0. The average Bonchev–Trinajstić information content (AvgIpc) is 2.21. The van der Waals surface area contributed by atoms with Crippen LogP contribution < -0.4 is 10.5 Å². The minimum atomic E-state index is -3.29. The molecule has 3 N–H and O–H groups in total. The number of nitrogens with two attached hydrogens (primary N) is 1. The van der Waals surface area contributed by atoms with Gasteiger partial charge in [0.2, 0.25) is 10.0 Å². The van der Waals surface area contributed by atoms with E-state index in [1.54, 1.807) is 0 Å². The highest BCUT2D eigenvalue weighted by atomic mass is 32.2. The molecule has 1 heterocycles. The zero-order valence-electron chi connectivity index (χ0n) is 10.4. The normalized spacial score (nSPS) is 21.3.